The average Bonchev–Trinajstić information content (AvgIpc) is 3.77. The Bertz CT molecular complexity index is 2310. The average molecular weight is 775 g/mol. The second kappa shape index (κ2) is 14.3. The van der Waals surface area contributed by atoms with E-state index in [9.17, 15) is 17.6 Å². The molecule has 15 heteroatoms. The summed E-state index contributed by atoms with van der Waals surface area (Å²) in [5.74, 6) is -0.489. The first kappa shape index (κ1) is 36.9. The van der Waals surface area contributed by atoms with Crippen LogP contribution < -0.4 is 19.7 Å². The number of halogens is 5. The molecule has 7 heterocycles. The lowest BCUT2D eigenvalue weighted by Gasteiger charge is -2.42. The molecule has 3 fully saturated rings. The van der Waals surface area contributed by atoms with Gasteiger partial charge in [-0.1, -0.05) is 31.2 Å². The zero-order valence-electron chi connectivity index (χ0n) is 31.3. The first-order chi connectivity index (χ1) is 27.0. The van der Waals surface area contributed by atoms with E-state index in [4.69, 9.17) is 24.4 Å². The first-order valence-electron chi connectivity index (χ1n) is 19.5. The summed E-state index contributed by atoms with van der Waals surface area (Å²) in [6.07, 6.45) is 2.81. The van der Waals surface area contributed by atoms with Gasteiger partial charge in [-0.15, -0.1) is 0 Å². The normalized spacial score (nSPS) is 23.9. The molecule has 5 aromatic rings. The third-order valence-corrected chi connectivity index (χ3v) is 12.4. The summed E-state index contributed by atoms with van der Waals surface area (Å²) < 4.78 is 84.4. The van der Waals surface area contributed by atoms with Crippen molar-refractivity contribution < 1.29 is 31.4 Å². The Hall–Kier alpha value is -4.76. The van der Waals surface area contributed by atoms with Gasteiger partial charge in [-0.2, -0.15) is 23.1 Å². The largest absolute Gasteiger partial charge is 0.476 e. The Morgan fingerprint density at radius 1 is 0.982 bits per heavy atom. The van der Waals surface area contributed by atoms with Crippen molar-refractivity contribution in [2.24, 2.45) is 0 Å². The summed E-state index contributed by atoms with van der Waals surface area (Å²) in [6, 6.07) is 9.82. The third-order valence-electron chi connectivity index (χ3n) is 12.4. The van der Waals surface area contributed by atoms with Gasteiger partial charge in [0, 0.05) is 42.8 Å². The Kier molecular flexibility index (Phi) is 9.42. The Morgan fingerprint density at radius 2 is 1.86 bits per heavy atom. The molecule has 0 bridgehead atoms. The highest BCUT2D eigenvalue weighted by Crippen LogP contribution is 2.44. The summed E-state index contributed by atoms with van der Waals surface area (Å²) in [5.41, 5.74) is 0.461. The number of aromatic nitrogens is 5. The maximum atomic E-state index is 17.3. The topological polar surface area (TPSA) is 101 Å². The second-order valence-corrected chi connectivity index (χ2v) is 15.6. The fraction of sp³-hybridized carbons (Fsp3) is 0.488. The van der Waals surface area contributed by atoms with Crippen molar-refractivity contribution in [2.45, 2.75) is 95.1 Å². The van der Waals surface area contributed by atoms with Crippen molar-refractivity contribution in [3.63, 3.8) is 0 Å². The molecule has 56 heavy (non-hydrogen) atoms. The number of hydrogen-bond acceptors (Lipinski definition) is 10. The van der Waals surface area contributed by atoms with Crippen molar-refractivity contribution in [2.75, 3.05) is 37.7 Å². The summed E-state index contributed by atoms with van der Waals surface area (Å²) in [5, 5.41) is 5.65. The van der Waals surface area contributed by atoms with Gasteiger partial charge in [-0.25, -0.2) is 23.7 Å². The zero-order valence-corrected chi connectivity index (χ0v) is 31.3. The van der Waals surface area contributed by atoms with E-state index in [1.54, 1.807) is 19.1 Å². The Balaban J connectivity index is 1.08. The maximum absolute atomic E-state index is 17.3. The molecule has 3 saturated heterocycles. The van der Waals surface area contributed by atoms with Gasteiger partial charge in [0.25, 0.3) is 0 Å². The van der Waals surface area contributed by atoms with E-state index in [1.807, 2.05) is 12.1 Å². The molecule has 3 aromatic heterocycles. The van der Waals surface area contributed by atoms with Gasteiger partial charge >= 0.3 is 12.2 Å². The molecule has 4 atom stereocenters. The smallest absolute Gasteiger partial charge is 0.433 e. The summed E-state index contributed by atoms with van der Waals surface area (Å²) >= 11 is 0. The quantitative estimate of drug-likeness (QED) is 0.159. The van der Waals surface area contributed by atoms with Crippen LogP contribution in [0.25, 0.3) is 32.9 Å². The lowest BCUT2D eigenvalue weighted by molar-refractivity contribution is -0.141. The van der Waals surface area contributed by atoms with E-state index in [0.29, 0.717) is 46.4 Å². The van der Waals surface area contributed by atoms with Gasteiger partial charge in [-0.3, -0.25) is 4.90 Å². The van der Waals surface area contributed by atoms with E-state index in [2.05, 4.69) is 32.0 Å². The molecule has 294 valence electrons. The molecule has 1 N–H and O–H groups in total. The van der Waals surface area contributed by atoms with Crippen LogP contribution in [0.3, 0.4) is 0 Å². The van der Waals surface area contributed by atoms with Crippen molar-refractivity contribution in [3.05, 3.63) is 71.3 Å². The highest BCUT2D eigenvalue weighted by atomic mass is 19.4. The minimum atomic E-state index is -4.60. The van der Waals surface area contributed by atoms with Gasteiger partial charge in [0.15, 0.2) is 11.5 Å². The number of nitrogens with zero attached hydrogens (tertiary/aromatic N) is 7. The molecule has 10 nitrogen and oxygen atoms in total. The SMILES string of the molecule is CC[C@@H]1CN2c3nc(OC[C@@]45CCCN4[C@H](COc4cc(C(F)(F)F)ncn4)CC5)nc4c(F)c(-c5cccc6ccc(F)c(C)c56)nc(c34)CCC[C@@H]2CN1. The van der Waals surface area contributed by atoms with Crippen molar-refractivity contribution in [1.29, 1.82) is 0 Å². The van der Waals surface area contributed by atoms with Crippen LogP contribution >= 0.6 is 0 Å². The molecule has 0 radical (unpaired) electrons. The van der Waals surface area contributed by atoms with Crippen LogP contribution in [0.4, 0.5) is 27.8 Å². The zero-order chi connectivity index (χ0) is 38.8. The molecular formula is C41H43F5N8O2. The summed E-state index contributed by atoms with van der Waals surface area (Å²) in [7, 11) is 0. The van der Waals surface area contributed by atoms with E-state index in [0.717, 1.165) is 75.8 Å². The maximum Gasteiger partial charge on any atom is 0.433 e. The van der Waals surface area contributed by atoms with Gasteiger partial charge in [0.1, 0.15) is 42.4 Å². The first-order valence-corrected chi connectivity index (χ1v) is 19.5. The van der Waals surface area contributed by atoms with Gasteiger partial charge < -0.3 is 19.7 Å². The Labute approximate surface area is 320 Å². The van der Waals surface area contributed by atoms with Crippen LogP contribution in [0, 0.1) is 18.6 Å². The molecule has 0 saturated carbocycles. The number of aryl methyl sites for hydroxylation is 2. The molecule has 0 amide bonds. The van der Waals surface area contributed by atoms with Gasteiger partial charge in [0.2, 0.25) is 5.88 Å². The predicted molar refractivity (Wildman–Crippen MR) is 201 cm³/mol. The number of anilines is 1. The fourth-order valence-corrected chi connectivity index (χ4v) is 9.47. The van der Waals surface area contributed by atoms with Crippen LogP contribution in [-0.4, -0.2) is 86.3 Å². The number of ether oxygens (including phenoxy) is 2. The van der Waals surface area contributed by atoms with E-state index < -0.39 is 17.7 Å². The molecule has 4 aliphatic rings. The number of hydrogen-bond donors (Lipinski definition) is 1. The lowest BCUT2D eigenvalue weighted by Crippen LogP contribution is -2.57. The van der Waals surface area contributed by atoms with Crippen LogP contribution in [0.15, 0.2) is 42.7 Å². The molecule has 4 aliphatic heterocycles. The van der Waals surface area contributed by atoms with Crippen molar-refractivity contribution >= 4 is 27.5 Å². The van der Waals surface area contributed by atoms with Crippen LogP contribution in [0.5, 0.6) is 11.9 Å². The molecule has 2 aromatic carbocycles. The van der Waals surface area contributed by atoms with E-state index in [-0.39, 0.29) is 65.8 Å². The highest BCUT2D eigenvalue weighted by molar-refractivity contribution is 6.01. The molecular weight excluding hydrogens is 731 g/mol. The predicted octanol–water partition coefficient (Wildman–Crippen LogP) is 7.59. The number of rotatable bonds is 8. The number of alkyl halides is 3. The summed E-state index contributed by atoms with van der Waals surface area (Å²) in [4.78, 5) is 26.7. The minimum absolute atomic E-state index is 0.0634. The highest BCUT2D eigenvalue weighted by Gasteiger charge is 2.50. The van der Waals surface area contributed by atoms with E-state index in [1.165, 1.54) is 6.07 Å². The van der Waals surface area contributed by atoms with Crippen molar-refractivity contribution in [3.8, 4) is 23.1 Å². The second-order valence-electron chi connectivity index (χ2n) is 15.6. The summed E-state index contributed by atoms with van der Waals surface area (Å²) in [6.45, 7) is 6.49. The van der Waals surface area contributed by atoms with Gasteiger partial charge in [-0.05, 0) is 87.2 Å². The molecule has 0 aliphatic carbocycles. The number of piperazine rings is 1. The molecule has 0 spiro atoms. The standard InChI is InChI=1S/C41H43F5N8O2/c1-3-25-19-53-26(18-47-25)8-5-10-30-34-37(35(43)36(50-30)28-9-4-7-24-11-12-29(42)23(2)33(24)28)51-39(52-38(34)53)56-21-40-14-6-16-54(40)27(13-15-40)20-55-32-17-31(41(44,45)46)48-22-49-32/h4,7,9,11-12,17,22,25-27,47H,3,5-6,8,10,13-16,18-21H2,1-2H3/t25-,26-,27+,40+/m1/s1. The number of nitrogens with one attached hydrogen (secondary N) is 1. The minimum Gasteiger partial charge on any atom is -0.476 e. The number of fused-ring (bicyclic) bond motifs is 4. The van der Waals surface area contributed by atoms with Crippen LogP contribution in [-0.2, 0) is 12.6 Å². The number of benzene rings is 2. The number of pyridine rings is 1. The Morgan fingerprint density at radius 3 is 2.70 bits per heavy atom. The monoisotopic (exact) mass is 774 g/mol. The molecule has 0 unspecified atom stereocenters. The molecule has 9 rings (SSSR count). The third kappa shape index (κ3) is 6.45. The van der Waals surface area contributed by atoms with Crippen LogP contribution in [0.2, 0.25) is 0 Å². The fourth-order valence-electron chi connectivity index (χ4n) is 9.47. The van der Waals surface area contributed by atoms with Gasteiger partial charge in [0.05, 0.1) is 16.6 Å². The van der Waals surface area contributed by atoms with E-state index >= 15 is 4.39 Å². The van der Waals surface area contributed by atoms with Crippen LogP contribution in [0.1, 0.15) is 68.8 Å². The lowest BCUT2D eigenvalue weighted by atomic mass is 9.94. The van der Waals surface area contributed by atoms with Crippen molar-refractivity contribution in [1.82, 2.24) is 35.1 Å².